The Morgan fingerprint density at radius 1 is 1.09 bits per heavy atom. The predicted molar refractivity (Wildman–Crippen MR) is 121 cm³/mol. The van der Waals surface area contributed by atoms with Crippen molar-refractivity contribution in [3.8, 4) is 5.75 Å². The van der Waals surface area contributed by atoms with Crippen molar-refractivity contribution in [3.05, 3.63) is 101 Å². The average molecular weight is 446 g/mol. The lowest BCUT2D eigenvalue weighted by Crippen LogP contribution is -2.29. The van der Waals surface area contributed by atoms with Crippen LogP contribution in [0.3, 0.4) is 0 Å². The van der Waals surface area contributed by atoms with Crippen molar-refractivity contribution in [2.24, 2.45) is 0 Å². The number of hydrogen-bond donors (Lipinski definition) is 1. The largest absolute Gasteiger partial charge is 0.507 e. The number of nitrogens with zero attached hydrogens (tertiary/aromatic N) is 2. The molecule has 1 fully saturated rings. The summed E-state index contributed by atoms with van der Waals surface area (Å²) >= 11 is 0. The lowest BCUT2D eigenvalue weighted by atomic mass is 9.95. The van der Waals surface area contributed by atoms with Gasteiger partial charge >= 0.3 is 0 Å². The van der Waals surface area contributed by atoms with Crippen LogP contribution in [0.4, 0.5) is 4.39 Å². The van der Waals surface area contributed by atoms with E-state index in [0.29, 0.717) is 16.9 Å². The number of benzene rings is 2. The highest BCUT2D eigenvalue weighted by atomic mass is 19.1. The zero-order valence-electron chi connectivity index (χ0n) is 18.2. The Morgan fingerprint density at radius 3 is 2.39 bits per heavy atom. The van der Waals surface area contributed by atoms with Gasteiger partial charge in [-0.15, -0.1) is 0 Å². The monoisotopic (exact) mass is 446 g/mol. The Balaban J connectivity index is 1.79. The molecule has 1 saturated heterocycles. The van der Waals surface area contributed by atoms with Crippen LogP contribution < -0.4 is 4.74 Å². The Labute approximate surface area is 191 Å². The van der Waals surface area contributed by atoms with Crippen molar-refractivity contribution in [2.45, 2.75) is 32.5 Å². The summed E-state index contributed by atoms with van der Waals surface area (Å²) in [6.45, 7) is 3.92. The number of carbonyl (C=O) groups is 2. The number of carbonyl (C=O) groups excluding carboxylic acids is 2. The SMILES string of the molecule is CC(C)Oc1ccc(/C(O)=C2\C(=O)C(=O)N(Cc3cccnc3)[C@H]2c2ccc(F)cc2)cc1. The van der Waals surface area contributed by atoms with Gasteiger partial charge in [-0.2, -0.15) is 0 Å². The normalized spacial score (nSPS) is 17.6. The van der Waals surface area contributed by atoms with Gasteiger partial charge in [-0.25, -0.2) is 4.39 Å². The number of hydrogen-bond acceptors (Lipinski definition) is 5. The topological polar surface area (TPSA) is 79.7 Å². The molecule has 1 aromatic heterocycles. The maximum absolute atomic E-state index is 13.6. The van der Waals surface area contributed by atoms with Crippen LogP contribution in [0.25, 0.3) is 5.76 Å². The summed E-state index contributed by atoms with van der Waals surface area (Å²) in [6, 6.07) is 14.8. The van der Waals surface area contributed by atoms with E-state index in [2.05, 4.69) is 4.98 Å². The lowest BCUT2D eigenvalue weighted by molar-refractivity contribution is -0.140. The summed E-state index contributed by atoms with van der Waals surface area (Å²) in [5.74, 6) is -1.66. The fraction of sp³-hybridized carbons (Fsp3) is 0.192. The van der Waals surface area contributed by atoms with Gasteiger partial charge in [0.15, 0.2) is 0 Å². The molecule has 0 radical (unpaired) electrons. The van der Waals surface area contributed by atoms with E-state index in [9.17, 15) is 19.1 Å². The van der Waals surface area contributed by atoms with Crippen molar-refractivity contribution >= 4 is 17.4 Å². The van der Waals surface area contributed by atoms with Crippen molar-refractivity contribution in [1.82, 2.24) is 9.88 Å². The molecule has 0 unspecified atom stereocenters. The fourth-order valence-corrected chi connectivity index (χ4v) is 3.84. The van der Waals surface area contributed by atoms with Gasteiger partial charge < -0.3 is 14.7 Å². The number of aliphatic hydroxyl groups excluding tert-OH is 1. The first-order chi connectivity index (χ1) is 15.8. The van der Waals surface area contributed by atoms with E-state index in [1.165, 1.54) is 29.2 Å². The molecule has 1 amide bonds. The van der Waals surface area contributed by atoms with Gasteiger partial charge in [0.1, 0.15) is 17.3 Å². The van der Waals surface area contributed by atoms with E-state index in [1.807, 2.05) is 13.8 Å². The molecule has 1 aliphatic rings. The first-order valence-corrected chi connectivity index (χ1v) is 10.5. The summed E-state index contributed by atoms with van der Waals surface area (Å²) in [7, 11) is 0. The number of amides is 1. The van der Waals surface area contributed by atoms with Gasteiger partial charge in [-0.3, -0.25) is 14.6 Å². The molecule has 2 aromatic carbocycles. The third-order valence-electron chi connectivity index (χ3n) is 5.30. The smallest absolute Gasteiger partial charge is 0.295 e. The van der Waals surface area contributed by atoms with Crippen LogP contribution in [-0.4, -0.2) is 32.8 Å². The number of aromatic nitrogens is 1. The number of pyridine rings is 1. The van der Waals surface area contributed by atoms with Crippen LogP contribution in [0.1, 0.15) is 36.6 Å². The second kappa shape index (κ2) is 9.24. The highest BCUT2D eigenvalue weighted by Crippen LogP contribution is 2.40. The molecule has 1 atom stereocenters. The molecule has 3 aromatic rings. The second-order valence-electron chi connectivity index (χ2n) is 8.03. The minimum atomic E-state index is -0.877. The molecule has 1 aliphatic heterocycles. The molecule has 33 heavy (non-hydrogen) atoms. The van der Waals surface area contributed by atoms with Crippen LogP contribution >= 0.6 is 0 Å². The predicted octanol–water partition coefficient (Wildman–Crippen LogP) is 4.63. The Bertz CT molecular complexity index is 1190. The summed E-state index contributed by atoms with van der Waals surface area (Å²) in [5, 5.41) is 11.1. The van der Waals surface area contributed by atoms with E-state index in [-0.39, 0.29) is 24.0 Å². The summed E-state index contributed by atoms with van der Waals surface area (Å²) in [5.41, 5.74) is 1.56. The molecule has 1 N–H and O–H groups in total. The number of ketones is 1. The number of ether oxygens (including phenoxy) is 1. The third-order valence-corrected chi connectivity index (χ3v) is 5.30. The zero-order chi connectivity index (χ0) is 23.5. The fourth-order valence-electron chi connectivity index (χ4n) is 3.84. The molecule has 4 rings (SSSR count). The maximum Gasteiger partial charge on any atom is 0.295 e. The minimum Gasteiger partial charge on any atom is -0.507 e. The van der Waals surface area contributed by atoms with Crippen LogP contribution in [0.15, 0.2) is 78.6 Å². The van der Waals surface area contributed by atoms with E-state index >= 15 is 0 Å². The Morgan fingerprint density at radius 2 is 1.79 bits per heavy atom. The first kappa shape index (κ1) is 22.2. The van der Waals surface area contributed by atoms with E-state index in [0.717, 1.165) is 5.56 Å². The molecule has 168 valence electrons. The molecular formula is C26H23FN2O4. The van der Waals surface area contributed by atoms with Crippen LogP contribution in [-0.2, 0) is 16.1 Å². The molecule has 7 heteroatoms. The molecule has 6 nitrogen and oxygen atoms in total. The number of aliphatic hydroxyl groups is 1. The number of rotatable bonds is 6. The average Bonchev–Trinajstić information content (AvgIpc) is 3.05. The maximum atomic E-state index is 13.6. The third kappa shape index (κ3) is 4.62. The second-order valence-corrected chi connectivity index (χ2v) is 8.03. The molecular weight excluding hydrogens is 423 g/mol. The van der Waals surface area contributed by atoms with Gasteiger partial charge in [0.2, 0.25) is 0 Å². The van der Waals surface area contributed by atoms with Crippen LogP contribution in [0.5, 0.6) is 5.75 Å². The van der Waals surface area contributed by atoms with E-state index in [4.69, 9.17) is 4.74 Å². The van der Waals surface area contributed by atoms with Gasteiger partial charge in [0.25, 0.3) is 11.7 Å². The number of likely N-dealkylation sites (tertiary alicyclic amines) is 1. The molecule has 0 saturated carbocycles. The molecule has 2 heterocycles. The minimum absolute atomic E-state index is 0.0132. The quantitative estimate of drug-likeness (QED) is 0.339. The van der Waals surface area contributed by atoms with E-state index < -0.39 is 23.5 Å². The van der Waals surface area contributed by atoms with Crippen molar-refractivity contribution in [1.29, 1.82) is 0 Å². The van der Waals surface area contributed by atoms with Crippen LogP contribution in [0.2, 0.25) is 0 Å². The summed E-state index contributed by atoms with van der Waals surface area (Å²) in [4.78, 5) is 31.5. The summed E-state index contributed by atoms with van der Waals surface area (Å²) < 4.78 is 19.2. The zero-order valence-corrected chi connectivity index (χ0v) is 18.2. The van der Waals surface area contributed by atoms with Crippen molar-refractivity contribution in [2.75, 3.05) is 0 Å². The molecule has 0 bridgehead atoms. The Kier molecular flexibility index (Phi) is 6.22. The number of halogens is 1. The van der Waals surface area contributed by atoms with Crippen molar-refractivity contribution < 1.29 is 23.8 Å². The van der Waals surface area contributed by atoms with Gasteiger partial charge in [-0.05, 0) is 67.4 Å². The summed E-state index contributed by atoms with van der Waals surface area (Å²) in [6.07, 6.45) is 3.21. The van der Waals surface area contributed by atoms with Gasteiger partial charge in [0.05, 0.1) is 17.7 Å². The van der Waals surface area contributed by atoms with E-state index in [1.54, 1.807) is 48.8 Å². The molecule has 0 spiro atoms. The molecule has 0 aliphatic carbocycles. The van der Waals surface area contributed by atoms with Gasteiger partial charge in [-0.1, -0.05) is 18.2 Å². The lowest BCUT2D eigenvalue weighted by Gasteiger charge is -2.25. The number of Topliss-reactive ketones (excluding diaryl/α,β-unsaturated/α-hetero) is 1. The van der Waals surface area contributed by atoms with Gasteiger partial charge in [0, 0.05) is 24.5 Å². The van der Waals surface area contributed by atoms with Crippen molar-refractivity contribution in [3.63, 3.8) is 0 Å². The highest BCUT2D eigenvalue weighted by Gasteiger charge is 2.46. The van der Waals surface area contributed by atoms with Crippen LogP contribution in [0, 0.1) is 5.82 Å². The first-order valence-electron chi connectivity index (χ1n) is 10.5. The highest BCUT2D eigenvalue weighted by molar-refractivity contribution is 6.46. The standard InChI is InChI=1S/C26H23FN2O4/c1-16(2)33-21-11-7-19(8-12-21)24(30)22-23(18-5-9-20(27)10-6-18)29(26(32)25(22)31)15-17-4-3-13-28-14-17/h3-14,16,23,30H,15H2,1-2H3/b24-22+/t23-/m0/s1. The Hall–Kier alpha value is -4.00.